The van der Waals surface area contributed by atoms with Crippen LogP contribution in [0.1, 0.15) is 12.8 Å². The fourth-order valence-electron chi connectivity index (χ4n) is 1.20. The zero-order valence-electron chi connectivity index (χ0n) is 6.74. The van der Waals surface area contributed by atoms with E-state index < -0.39 is 41.7 Å². The maximum atomic E-state index is 11.9. The molecular formula is C6H6F3NO4. The Bertz CT molecular complexity index is 289. The Hall–Kier alpha value is -0.990. The number of carbonyl (C=O) groups is 2. The number of halogens is 3. The van der Waals surface area contributed by atoms with Gasteiger partial charge in [-0.3, -0.25) is 0 Å². The molecule has 0 aromatic rings. The number of nitrogens with zero attached hydrogens (tertiary/aromatic N) is 1. The number of hydrogen-bond acceptors (Lipinski definition) is 4. The summed E-state index contributed by atoms with van der Waals surface area (Å²) in [5, 5.41) is 20.0. The first kappa shape index (κ1) is 11.1. The number of hydroxylamine groups is 3. The van der Waals surface area contributed by atoms with Crippen molar-refractivity contribution in [1.29, 1.82) is 0 Å². The molecule has 1 heterocycles. The Balaban J connectivity index is 3.06. The van der Waals surface area contributed by atoms with Crippen LogP contribution in [0.3, 0.4) is 0 Å². The standard InChI is InChI=1S/C6H6F3NO4/c7-6(8,9)5(13)10(14)3(11)1-2-4(10)12/h3,11H,1-2H2. The summed E-state index contributed by atoms with van der Waals surface area (Å²) in [5.41, 5.74) is 0. The Morgan fingerprint density at radius 3 is 2.36 bits per heavy atom. The monoisotopic (exact) mass is 213 g/mol. The highest BCUT2D eigenvalue weighted by atomic mass is 19.4. The van der Waals surface area contributed by atoms with Gasteiger partial charge in [0.1, 0.15) is 0 Å². The van der Waals surface area contributed by atoms with Crippen molar-refractivity contribution in [2.45, 2.75) is 25.2 Å². The van der Waals surface area contributed by atoms with Gasteiger partial charge in [0.25, 0.3) is 0 Å². The van der Waals surface area contributed by atoms with Crippen LogP contribution in [0.4, 0.5) is 13.2 Å². The van der Waals surface area contributed by atoms with E-state index in [1.165, 1.54) is 0 Å². The van der Waals surface area contributed by atoms with Gasteiger partial charge >= 0.3 is 18.0 Å². The van der Waals surface area contributed by atoms with Gasteiger partial charge in [0, 0.05) is 6.42 Å². The Labute approximate surface area is 75.9 Å². The molecule has 80 valence electrons. The van der Waals surface area contributed by atoms with Crippen LogP contribution in [0.5, 0.6) is 0 Å². The molecule has 0 aromatic carbocycles. The fourth-order valence-corrected chi connectivity index (χ4v) is 1.20. The van der Waals surface area contributed by atoms with Gasteiger partial charge in [-0.1, -0.05) is 0 Å². The van der Waals surface area contributed by atoms with E-state index in [1.54, 1.807) is 0 Å². The average Bonchev–Trinajstić information content (AvgIpc) is 2.31. The zero-order valence-corrected chi connectivity index (χ0v) is 6.74. The van der Waals surface area contributed by atoms with E-state index in [4.69, 9.17) is 5.11 Å². The number of amides is 2. The lowest BCUT2D eigenvalue weighted by Gasteiger charge is -2.35. The summed E-state index contributed by atoms with van der Waals surface area (Å²) >= 11 is 0. The molecule has 0 radical (unpaired) electrons. The van der Waals surface area contributed by atoms with Crippen LogP contribution in [-0.4, -0.2) is 34.0 Å². The van der Waals surface area contributed by atoms with E-state index in [-0.39, 0.29) is 0 Å². The number of carbonyl (C=O) groups excluding carboxylic acids is 2. The summed E-state index contributed by atoms with van der Waals surface area (Å²) in [7, 11) is 0. The van der Waals surface area contributed by atoms with Gasteiger partial charge in [-0.25, -0.2) is 14.2 Å². The molecule has 1 rings (SSSR count). The van der Waals surface area contributed by atoms with Crippen LogP contribution in [0.25, 0.3) is 0 Å². The summed E-state index contributed by atoms with van der Waals surface area (Å²) in [6.07, 6.45) is -8.50. The van der Waals surface area contributed by atoms with Gasteiger partial charge in [-0.2, -0.15) is 13.2 Å². The van der Waals surface area contributed by atoms with Gasteiger partial charge < -0.3 is 10.3 Å². The van der Waals surface area contributed by atoms with Crippen LogP contribution in [-0.2, 0) is 9.59 Å². The predicted octanol–water partition coefficient (Wildman–Crippen LogP) is 0.0287. The summed E-state index contributed by atoms with van der Waals surface area (Å²) in [6, 6.07) is 0. The number of hydrogen-bond donors (Lipinski definition) is 1. The van der Waals surface area contributed by atoms with E-state index in [9.17, 15) is 28.0 Å². The smallest absolute Gasteiger partial charge is 0.510 e. The van der Waals surface area contributed by atoms with Crippen molar-refractivity contribution in [3.63, 3.8) is 0 Å². The zero-order chi connectivity index (χ0) is 11.1. The largest absolute Gasteiger partial charge is 0.615 e. The molecule has 0 aliphatic carbocycles. The quantitative estimate of drug-likeness (QED) is 0.454. The molecule has 1 saturated heterocycles. The highest BCUT2D eigenvalue weighted by Gasteiger charge is 2.59. The van der Waals surface area contributed by atoms with E-state index in [2.05, 4.69) is 0 Å². The molecule has 1 fully saturated rings. The maximum Gasteiger partial charge on any atom is 0.510 e. The molecule has 1 N–H and O–H groups in total. The third-order valence-electron chi connectivity index (χ3n) is 1.95. The molecule has 5 nitrogen and oxygen atoms in total. The average molecular weight is 213 g/mol. The molecule has 0 bridgehead atoms. The number of alkyl halides is 3. The van der Waals surface area contributed by atoms with Gasteiger partial charge in [-0.15, -0.1) is 0 Å². The summed E-state index contributed by atoms with van der Waals surface area (Å²) in [6.45, 7) is 0. The fraction of sp³-hybridized carbons (Fsp3) is 0.667. The molecule has 2 unspecified atom stereocenters. The van der Waals surface area contributed by atoms with Gasteiger partial charge in [0.2, 0.25) is 6.23 Å². The second kappa shape index (κ2) is 3.01. The molecule has 8 heteroatoms. The van der Waals surface area contributed by atoms with Crippen molar-refractivity contribution < 1.29 is 32.5 Å². The van der Waals surface area contributed by atoms with E-state index >= 15 is 0 Å². The maximum absolute atomic E-state index is 11.9. The van der Waals surface area contributed by atoms with Gasteiger partial charge in [-0.05, 0) is 0 Å². The minimum absolute atomic E-state index is 0.426. The molecule has 0 spiro atoms. The lowest BCUT2D eigenvalue weighted by molar-refractivity contribution is -0.779. The van der Waals surface area contributed by atoms with E-state index in [0.717, 1.165) is 0 Å². The van der Waals surface area contributed by atoms with Crippen LogP contribution < -0.4 is 0 Å². The summed E-state index contributed by atoms with van der Waals surface area (Å²) in [4.78, 5) is 21.3. The second-order valence-electron chi connectivity index (χ2n) is 2.87. The van der Waals surface area contributed by atoms with Crippen molar-refractivity contribution in [3.8, 4) is 0 Å². The molecule has 2 atom stereocenters. The van der Waals surface area contributed by atoms with Crippen molar-refractivity contribution >= 4 is 11.8 Å². The Morgan fingerprint density at radius 1 is 1.57 bits per heavy atom. The molecule has 2 amide bonds. The molecule has 1 aliphatic heterocycles. The van der Waals surface area contributed by atoms with E-state index in [1.807, 2.05) is 0 Å². The molecule has 1 aliphatic rings. The number of aliphatic hydroxyl groups is 1. The number of aliphatic hydroxyl groups excluding tert-OH is 1. The van der Waals surface area contributed by atoms with Crippen molar-refractivity contribution in [1.82, 2.24) is 0 Å². The number of likely N-dealkylation sites (tertiary alicyclic amines) is 1. The molecule has 14 heavy (non-hydrogen) atoms. The first-order valence-electron chi connectivity index (χ1n) is 3.63. The minimum Gasteiger partial charge on any atom is -0.615 e. The van der Waals surface area contributed by atoms with E-state index in [0.29, 0.717) is 0 Å². The van der Waals surface area contributed by atoms with Crippen LogP contribution in [0.2, 0.25) is 0 Å². The third-order valence-corrected chi connectivity index (χ3v) is 1.95. The minimum atomic E-state index is -5.41. The molecule has 0 saturated carbocycles. The highest BCUT2D eigenvalue weighted by Crippen LogP contribution is 2.32. The number of rotatable bonds is 0. The molecule has 0 aromatic heterocycles. The lowest BCUT2D eigenvalue weighted by atomic mass is 10.4. The van der Waals surface area contributed by atoms with Gasteiger partial charge in [0.05, 0.1) is 6.42 Å². The second-order valence-corrected chi connectivity index (χ2v) is 2.87. The number of imide groups is 1. The predicted molar refractivity (Wildman–Crippen MR) is 34.9 cm³/mol. The topological polar surface area (TPSA) is 77.4 Å². The molecular weight excluding hydrogens is 207 g/mol. The summed E-state index contributed by atoms with van der Waals surface area (Å²) < 4.78 is 32.8. The first-order chi connectivity index (χ1) is 6.20. The lowest BCUT2D eigenvalue weighted by Crippen LogP contribution is -2.59. The highest BCUT2D eigenvalue weighted by molar-refractivity contribution is 5.89. The van der Waals surface area contributed by atoms with Crippen molar-refractivity contribution in [2.75, 3.05) is 0 Å². The Morgan fingerprint density at radius 2 is 2.07 bits per heavy atom. The van der Waals surface area contributed by atoms with Crippen molar-refractivity contribution in [3.05, 3.63) is 5.21 Å². The third kappa shape index (κ3) is 1.41. The van der Waals surface area contributed by atoms with Crippen LogP contribution >= 0.6 is 0 Å². The Kier molecular flexibility index (Phi) is 2.38. The summed E-state index contributed by atoms with van der Waals surface area (Å²) in [5.74, 6) is -4.23. The van der Waals surface area contributed by atoms with Crippen molar-refractivity contribution in [2.24, 2.45) is 0 Å². The number of quaternary nitrogens is 1. The van der Waals surface area contributed by atoms with Crippen LogP contribution in [0, 0.1) is 5.21 Å². The normalized spacial score (nSPS) is 33.5. The van der Waals surface area contributed by atoms with Gasteiger partial charge in [0.15, 0.2) is 0 Å². The van der Waals surface area contributed by atoms with Crippen LogP contribution in [0.15, 0.2) is 0 Å². The SMILES string of the molecule is O=C1CCC(O)[N+]1([O-])C(=O)C(F)(F)F. The first-order valence-corrected chi connectivity index (χ1v) is 3.63.